The zero-order valence-electron chi connectivity index (χ0n) is 16.1. The molecule has 5 rings (SSSR count). The summed E-state index contributed by atoms with van der Waals surface area (Å²) in [5, 5.41) is 5.03. The van der Waals surface area contributed by atoms with Crippen LogP contribution in [0.4, 0.5) is 5.82 Å². The van der Waals surface area contributed by atoms with Crippen LogP contribution < -0.4 is 5.32 Å². The lowest BCUT2D eigenvalue weighted by molar-refractivity contribution is -0.115. The number of aromatic nitrogens is 2. The number of rotatable bonds is 4. The van der Waals surface area contributed by atoms with Crippen LogP contribution in [0.2, 0.25) is 0 Å². The lowest BCUT2D eigenvalue weighted by atomic mass is 9.92. The van der Waals surface area contributed by atoms with Crippen molar-refractivity contribution in [1.29, 1.82) is 0 Å². The second kappa shape index (κ2) is 8.13. The van der Waals surface area contributed by atoms with Gasteiger partial charge in [0.1, 0.15) is 5.69 Å². The van der Waals surface area contributed by atoms with Gasteiger partial charge in [0.25, 0.3) is 0 Å². The third-order valence-electron chi connectivity index (χ3n) is 5.16. The van der Waals surface area contributed by atoms with Crippen molar-refractivity contribution in [3.05, 3.63) is 87.3 Å². The van der Waals surface area contributed by atoms with Crippen molar-refractivity contribution in [1.82, 2.24) is 9.97 Å². The zero-order chi connectivity index (χ0) is 20.5. The Balaban J connectivity index is 1.52. The van der Waals surface area contributed by atoms with Crippen molar-refractivity contribution < 1.29 is 4.79 Å². The molecule has 1 aliphatic carbocycles. The van der Waals surface area contributed by atoms with Crippen LogP contribution in [0.3, 0.4) is 0 Å². The first kappa shape index (κ1) is 19.2. The molecule has 1 N–H and O–H groups in total. The molecule has 0 atom stereocenters. The van der Waals surface area contributed by atoms with Crippen LogP contribution in [-0.2, 0) is 24.1 Å². The van der Waals surface area contributed by atoms with Gasteiger partial charge in [-0.3, -0.25) is 4.79 Å². The lowest BCUT2D eigenvalue weighted by Gasteiger charge is -2.20. The van der Waals surface area contributed by atoms with E-state index in [2.05, 4.69) is 39.4 Å². The van der Waals surface area contributed by atoms with Crippen LogP contribution in [0, 0.1) is 0 Å². The molecule has 0 unspecified atom stereocenters. The van der Waals surface area contributed by atoms with Gasteiger partial charge in [-0.1, -0.05) is 58.4 Å². The molecule has 0 aliphatic heterocycles. The highest BCUT2D eigenvalue weighted by molar-refractivity contribution is 9.10. The first-order chi connectivity index (χ1) is 14.7. The summed E-state index contributed by atoms with van der Waals surface area (Å²) in [4.78, 5) is 23.6. The quantitative estimate of drug-likeness (QED) is 0.398. The Bertz CT molecular complexity index is 1220. The molecule has 0 saturated heterocycles. The number of thiophene rings is 1. The van der Waals surface area contributed by atoms with E-state index >= 15 is 0 Å². The molecule has 0 spiro atoms. The fourth-order valence-electron chi connectivity index (χ4n) is 3.72. The van der Waals surface area contributed by atoms with Gasteiger partial charge in [0, 0.05) is 10.0 Å². The molecule has 0 fully saturated rings. The van der Waals surface area contributed by atoms with Crippen LogP contribution >= 0.6 is 27.3 Å². The SMILES string of the molecule is O=C(Cc1ccc(Br)cc1)Nc1nc2c(nc1-c1cccs1)-c1ccccc1CC2. The number of nitrogens with one attached hydrogen (secondary N) is 1. The fraction of sp³-hybridized carbons (Fsp3) is 0.125. The van der Waals surface area contributed by atoms with E-state index in [9.17, 15) is 4.79 Å². The van der Waals surface area contributed by atoms with Crippen LogP contribution in [0.5, 0.6) is 0 Å². The van der Waals surface area contributed by atoms with Gasteiger partial charge >= 0.3 is 0 Å². The highest BCUT2D eigenvalue weighted by Gasteiger charge is 2.23. The van der Waals surface area contributed by atoms with E-state index in [4.69, 9.17) is 9.97 Å². The monoisotopic (exact) mass is 475 g/mol. The summed E-state index contributed by atoms with van der Waals surface area (Å²) in [7, 11) is 0. The predicted molar refractivity (Wildman–Crippen MR) is 125 cm³/mol. The molecule has 6 heteroatoms. The molecule has 1 amide bonds. The van der Waals surface area contributed by atoms with Crippen LogP contribution in [0.25, 0.3) is 21.8 Å². The van der Waals surface area contributed by atoms with Gasteiger partial charge in [0.2, 0.25) is 5.91 Å². The summed E-state index contributed by atoms with van der Waals surface area (Å²) in [6.07, 6.45) is 2.04. The van der Waals surface area contributed by atoms with Crippen molar-refractivity contribution in [3.63, 3.8) is 0 Å². The molecule has 4 nitrogen and oxygen atoms in total. The highest BCUT2D eigenvalue weighted by Crippen LogP contribution is 2.36. The van der Waals surface area contributed by atoms with Gasteiger partial charge in [-0.25, -0.2) is 9.97 Å². The Labute approximate surface area is 187 Å². The third-order valence-corrected chi connectivity index (χ3v) is 6.57. The summed E-state index contributed by atoms with van der Waals surface area (Å²) in [6, 6.07) is 20.1. The van der Waals surface area contributed by atoms with Crippen molar-refractivity contribution in [2.24, 2.45) is 0 Å². The summed E-state index contributed by atoms with van der Waals surface area (Å²) >= 11 is 5.02. The van der Waals surface area contributed by atoms with Crippen LogP contribution in [-0.4, -0.2) is 15.9 Å². The van der Waals surface area contributed by atoms with Crippen LogP contribution in [0.15, 0.2) is 70.5 Å². The summed E-state index contributed by atoms with van der Waals surface area (Å²) < 4.78 is 0.993. The highest BCUT2D eigenvalue weighted by atomic mass is 79.9. The van der Waals surface area contributed by atoms with E-state index in [1.807, 2.05) is 47.8 Å². The van der Waals surface area contributed by atoms with Gasteiger partial charge in [-0.2, -0.15) is 0 Å². The molecule has 148 valence electrons. The second-order valence-electron chi connectivity index (χ2n) is 7.20. The van der Waals surface area contributed by atoms with Gasteiger partial charge in [0.05, 0.1) is 22.7 Å². The molecular weight excluding hydrogens is 458 g/mol. The number of carbonyl (C=O) groups is 1. The van der Waals surface area contributed by atoms with Crippen LogP contribution in [0.1, 0.15) is 16.8 Å². The number of nitrogens with zero attached hydrogens (tertiary/aromatic N) is 2. The number of hydrogen-bond acceptors (Lipinski definition) is 4. The minimum Gasteiger partial charge on any atom is -0.309 e. The van der Waals surface area contributed by atoms with Crippen molar-refractivity contribution >= 4 is 39.0 Å². The first-order valence-electron chi connectivity index (χ1n) is 9.75. The van der Waals surface area contributed by atoms with E-state index in [0.29, 0.717) is 12.2 Å². The van der Waals surface area contributed by atoms with E-state index in [1.54, 1.807) is 11.3 Å². The molecule has 2 aromatic heterocycles. The Morgan fingerprint density at radius 2 is 1.80 bits per heavy atom. The molecule has 0 saturated carbocycles. The van der Waals surface area contributed by atoms with Crippen molar-refractivity contribution in [2.45, 2.75) is 19.3 Å². The summed E-state index contributed by atoms with van der Waals surface area (Å²) in [5.41, 5.74) is 5.97. The van der Waals surface area contributed by atoms with Gasteiger partial charge in [-0.05, 0) is 47.5 Å². The topological polar surface area (TPSA) is 54.9 Å². The maximum absolute atomic E-state index is 12.8. The number of carbonyl (C=O) groups excluding carboxylic acids is 1. The third kappa shape index (κ3) is 3.80. The minimum absolute atomic E-state index is 0.0967. The molecule has 2 heterocycles. The van der Waals surface area contributed by atoms with E-state index in [0.717, 1.165) is 50.4 Å². The average Bonchev–Trinajstić information content (AvgIpc) is 3.29. The van der Waals surface area contributed by atoms with Gasteiger partial charge < -0.3 is 5.32 Å². The number of anilines is 1. The molecule has 2 aromatic carbocycles. The number of fused-ring (bicyclic) bond motifs is 3. The van der Waals surface area contributed by atoms with Crippen molar-refractivity contribution in [3.8, 4) is 21.8 Å². The number of aryl methyl sites for hydroxylation is 2. The second-order valence-corrected chi connectivity index (χ2v) is 9.07. The standard InChI is InChI=1S/C24H18BrN3OS/c25-17-10-7-15(8-11-17)14-21(29)27-24-23(20-6-3-13-30-20)28-22-18-5-2-1-4-16(18)9-12-19(22)26-24/h1-8,10-11,13H,9,12,14H2,(H,26,27,29). The van der Waals surface area contributed by atoms with E-state index < -0.39 is 0 Å². The van der Waals surface area contributed by atoms with Gasteiger partial charge in [0.15, 0.2) is 5.82 Å². The number of halogens is 1. The molecule has 4 aromatic rings. The average molecular weight is 476 g/mol. The van der Waals surface area contributed by atoms with Crippen molar-refractivity contribution in [2.75, 3.05) is 5.32 Å². The molecular formula is C24H18BrN3OS. The number of amides is 1. The maximum atomic E-state index is 12.8. The lowest BCUT2D eigenvalue weighted by Crippen LogP contribution is -2.18. The smallest absolute Gasteiger partial charge is 0.230 e. The largest absolute Gasteiger partial charge is 0.309 e. The summed E-state index contributed by atoms with van der Waals surface area (Å²) in [6.45, 7) is 0. The Hall–Kier alpha value is -2.83. The molecule has 1 aliphatic rings. The number of benzene rings is 2. The van der Waals surface area contributed by atoms with Gasteiger partial charge in [-0.15, -0.1) is 11.3 Å². The first-order valence-corrected chi connectivity index (χ1v) is 11.4. The molecule has 0 radical (unpaired) electrons. The normalized spacial score (nSPS) is 12.2. The Kier molecular flexibility index (Phi) is 5.19. The summed E-state index contributed by atoms with van der Waals surface area (Å²) in [5.74, 6) is 0.443. The maximum Gasteiger partial charge on any atom is 0.230 e. The zero-order valence-corrected chi connectivity index (χ0v) is 18.5. The minimum atomic E-state index is -0.0967. The fourth-order valence-corrected chi connectivity index (χ4v) is 4.70. The predicted octanol–water partition coefficient (Wildman–Crippen LogP) is 5.91. The molecule has 30 heavy (non-hydrogen) atoms. The molecule has 0 bridgehead atoms. The van der Waals surface area contributed by atoms with E-state index in [1.165, 1.54) is 5.56 Å². The Morgan fingerprint density at radius 1 is 0.967 bits per heavy atom. The van der Waals surface area contributed by atoms with E-state index in [-0.39, 0.29) is 5.91 Å². The number of hydrogen-bond donors (Lipinski definition) is 1. The Morgan fingerprint density at radius 3 is 2.60 bits per heavy atom.